The van der Waals surface area contributed by atoms with Crippen LogP contribution in [0.1, 0.15) is 48.4 Å². The van der Waals surface area contributed by atoms with Gasteiger partial charge in [0, 0.05) is 34.1 Å². The summed E-state index contributed by atoms with van der Waals surface area (Å²) in [5, 5.41) is 1.58. The van der Waals surface area contributed by atoms with E-state index in [1.165, 1.54) is 6.92 Å². The van der Waals surface area contributed by atoms with Gasteiger partial charge in [-0.2, -0.15) is 0 Å². The van der Waals surface area contributed by atoms with Gasteiger partial charge in [-0.3, -0.25) is 4.79 Å². The van der Waals surface area contributed by atoms with E-state index in [1.54, 1.807) is 30.5 Å². The molecule has 0 aliphatic heterocycles. The Balaban J connectivity index is 1.63. The van der Waals surface area contributed by atoms with Crippen molar-refractivity contribution in [2.24, 2.45) is 0 Å². The summed E-state index contributed by atoms with van der Waals surface area (Å²) in [6.45, 7) is 7.03. The van der Waals surface area contributed by atoms with E-state index in [9.17, 15) is 9.59 Å². The first-order valence-electron chi connectivity index (χ1n) is 9.64. The zero-order valence-electron chi connectivity index (χ0n) is 17.3. The van der Waals surface area contributed by atoms with Gasteiger partial charge in [-0.15, -0.1) is 0 Å². The molecule has 0 fully saturated rings. The third kappa shape index (κ3) is 4.03. The van der Waals surface area contributed by atoms with Gasteiger partial charge in [-0.25, -0.2) is 9.78 Å². The monoisotopic (exact) mass is 402 g/mol. The zero-order chi connectivity index (χ0) is 21.5. The predicted octanol–water partition coefficient (Wildman–Crippen LogP) is 5.67. The molecule has 6 nitrogen and oxygen atoms in total. The molecule has 0 saturated carbocycles. The molecule has 6 heteroatoms. The summed E-state index contributed by atoms with van der Waals surface area (Å²) in [6, 6.07) is 14.4. The number of esters is 1. The average molecular weight is 402 g/mol. The highest BCUT2D eigenvalue weighted by Gasteiger charge is 2.21. The van der Waals surface area contributed by atoms with Gasteiger partial charge in [0.15, 0.2) is 5.78 Å². The Bertz CT molecular complexity index is 1280. The molecular formula is C24H22N2O4. The topological polar surface area (TPSA) is 81.3 Å². The molecule has 2 aromatic heterocycles. The van der Waals surface area contributed by atoms with Crippen LogP contribution >= 0.6 is 0 Å². The van der Waals surface area contributed by atoms with Gasteiger partial charge < -0.3 is 14.5 Å². The number of aromatic amines is 1. The number of pyridine rings is 1. The summed E-state index contributed by atoms with van der Waals surface area (Å²) < 4.78 is 11.4. The van der Waals surface area contributed by atoms with Crippen LogP contribution in [0.5, 0.6) is 11.6 Å². The minimum Gasteiger partial charge on any atom is -0.456 e. The predicted molar refractivity (Wildman–Crippen MR) is 115 cm³/mol. The maximum atomic E-state index is 12.5. The summed E-state index contributed by atoms with van der Waals surface area (Å²) in [4.78, 5) is 31.7. The van der Waals surface area contributed by atoms with Crippen molar-refractivity contribution < 1.29 is 19.1 Å². The fourth-order valence-electron chi connectivity index (χ4n) is 3.17. The standard InChI is InChI=1S/C24H22N2O4/c1-14(27)15-5-8-20-16(11-15)6-10-22(26-20)29-17-7-9-21-18(12-17)19(13-25-21)23(28)30-24(2,3)4/h5-13,25H,1-4H3. The third-order valence-electron chi connectivity index (χ3n) is 4.56. The highest BCUT2D eigenvalue weighted by atomic mass is 16.6. The van der Waals surface area contributed by atoms with Crippen molar-refractivity contribution in [3.8, 4) is 11.6 Å². The van der Waals surface area contributed by atoms with E-state index < -0.39 is 11.6 Å². The first-order chi connectivity index (χ1) is 14.2. The molecule has 0 atom stereocenters. The molecule has 0 saturated heterocycles. The molecule has 1 N–H and O–H groups in total. The quantitative estimate of drug-likeness (QED) is 0.351. The Morgan fingerprint density at radius 2 is 1.80 bits per heavy atom. The van der Waals surface area contributed by atoms with Crippen molar-refractivity contribution in [1.82, 2.24) is 9.97 Å². The maximum Gasteiger partial charge on any atom is 0.340 e. The highest BCUT2D eigenvalue weighted by Crippen LogP contribution is 2.29. The Morgan fingerprint density at radius 1 is 1.00 bits per heavy atom. The molecule has 30 heavy (non-hydrogen) atoms. The van der Waals surface area contributed by atoms with Gasteiger partial charge >= 0.3 is 5.97 Å². The SMILES string of the molecule is CC(=O)c1ccc2nc(Oc3ccc4[nH]cc(C(=O)OC(C)(C)C)c4c3)ccc2c1. The van der Waals surface area contributed by atoms with E-state index in [0.717, 1.165) is 16.4 Å². The molecule has 0 radical (unpaired) electrons. The first kappa shape index (κ1) is 19.6. The van der Waals surface area contributed by atoms with E-state index in [4.69, 9.17) is 9.47 Å². The number of rotatable bonds is 4. The van der Waals surface area contributed by atoms with Crippen molar-refractivity contribution in [3.05, 3.63) is 65.9 Å². The number of ether oxygens (including phenoxy) is 2. The Hall–Kier alpha value is -3.67. The molecule has 0 unspecified atom stereocenters. The number of benzene rings is 2. The molecule has 0 aliphatic rings. The lowest BCUT2D eigenvalue weighted by molar-refractivity contribution is 0.00718. The van der Waals surface area contributed by atoms with Gasteiger partial charge in [-0.05, 0) is 70.2 Å². The third-order valence-corrected chi connectivity index (χ3v) is 4.56. The Labute approximate surface area is 173 Å². The number of carbonyl (C=O) groups is 2. The maximum absolute atomic E-state index is 12.5. The molecule has 0 aliphatic carbocycles. The second-order valence-corrected chi connectivity index (χ2v) is 8.13. The van der Waals surface area contributed by atoms with E-state index in [-0.39, 0.29) is 5.78 Å². The van der Waals surface area contributed by atoms with E-state index in [1.807, 2.05) is 45.0 Å². The van der Waals surface area contributed by atoms with Gasteiger partial charge in [-0.1, -0.05) is 0 Å². The van der Waals surface area contributed by atoms with Crippen molar-refractivity contribution in [2.45, 2.75) is 33.3 Å². The van der Waals surface area contributed by atoms with Crippen LogP contribution in [-0.2, 0) is 4.74 Å². The Morgan fingerprint density at radius 3 is 2.53 bits per heavy atom. The highest BCUT2D eigenvalue weighted by molar-refractivity contribution is 6.04. The second kappa shape index (κ2) is 7.30. The number of aromatic nitrogens is 2. The van der Waals surface area contributed by atoms with Crippen LogP contribution in [0.2, 0.25) is 0 Å². The summed E-state index contributed by atoms with van der Waals surface area (Å²) in [6.07, 6.45) is 1.64. The number of hydrogen-bond acceptors (Lipinski definition) is 5. The normalized spacial score (nSPS) is 11.6. The molecule has 2 aromatic carbocycles. The zero-order valence-corrected chi connectivity index (χ0v) is 17.3. The minimum atomic E-state index is -0.577. The number of fused-ring (bicyclic) bond motifs is 2. The molecule has 4 aromatic rings. The first-order valence-corrected chi connectivity index (χ1v) is 9.64. The van der Waals surface area contributed by atoms with Crippen LogP contribution in [0.3, 0.4) is 0 Å². The minimum absolute atomic E-state index is 0.0119. The van der Waals surface area contributed by atoms with Crippen LogP contribution in [-0.4, -0.2) is 27.3 Å². The average Bonchev–Trinajstić information content (AvgIpc) is 3.09. The van der Waals surface area contributed by atoms with Gasteiger partial charge in [0.25, 0.3) is 0 Å². The van der Waals surface area contributed by atoms with Crippen molar-refractivity contribution >= 4 is 33.6 Å². The number of ketones is 1. The van der Waals surface area contributed by atoms with Gasteiger partial charge in [0.1, 0.15) is 11.4 Å². The molecule has 0 bridgehead atoms. The number of H-pyrrole nitrogens is 1. The summed E-state index contributed by atoms with van der Waals surface area (Å²) in [7, 11) is 0. The van der Waals surface area contributed by atoms with Crippen LogP contribution < -0.4 is 4.74 Å². The molecule has 2 heterocycles. The lowest BCUT2D eigenvalue weighted by atomic mass is 10.1. The van der Waals surface area contributed by atoms with E-state index >= 15 is 0 Å². The fraction of sp³-hybridized carbons (Fsp3) is 0.208. The van der Waals surface area contributed by atoms with E-state index in [2.05, 4.69) is 9.97 Å². The number of carbonyl (C=O) groups excluding carboxylic acids is 2. The van der Waals surface area contributed by atoms with Crippen molar-refractivity contribution in [2.75, 3.05) is 0 Å². The van der Waals surface area contributed by atoms with Crippen LogP contribution in [0.25, 0.3) is 21.8 Å². The number of nitrogens with one attached hydrogen (secondary N) is 1. The molecule has 4 rings (SSSR count). The largest absolute Gasteiger partial charge is 0.456 e. The van der Waals surface area contributed by atoms with Gasteiger partial charge in [0.05, 0.1) is 11.1 Å². The summed E-state index contributed by atoms with van der Waals surface area (Å²) in [5.74, 6) is 0.597. The number of hydrogen-bond donors (Lipinski definition) is 1. The molecule has 0 amide bonds. The number of Topliss-reactive ketones (excluding diaryl/α,β-unsaturated/α-hetero) is 1. The lowest BCUT2D eigenvalue weighted by Gasteiger charge is -2.19. The van der Waals surface area contributed by atoms with Crippen LogP contribution in [0.4, 0.5) is 0 Å². The lowest BCUT2D eigenvalue weighted by Crippen LogP contribution is -2.23. The molecule has 0 spiro atoms. The smallest absolute Gasteiger partial charge is 0.340 e. The Kier molecular flexibility index (Phi) is 4.78. The summed E-state index contributed by atoms with van der Waals surface area (Å²) >= 11 is 0. The van der Waals surface area contributed by atoms with E-state index in [0.29, 0.717) is 28.1 Å². The van der Waals surface area contributed by atoms with Gasteiger partial charge in [0.2, 0.25) is 5.88 Å². The molecular weight excluding hydrogens is 380 g/mol. The second-order valence-electron chi connectivity index (χ2n) is 8.13. The number of nitrogens with zero attached hydrogens (tertiary/aromatic N) is 1. The van der Waals surface area contributed by atoms with Crippen LogP contribution in [0.15, 0.2) is 54.7 Å². The fourth-order valence-corrected chi connectivity index (χ4v) is 3.17. The van der Waals surface area contributed by atoms with Crippen molar-refractivity contribution in [1.29, 1.82) is 0 Å². The summed E-state index contributed by atoms with van der Waals surface area (Å²) in [5.41, 5.74) is 2.06. The van der Waals surface area contributed by atoms with Crippen molar-refractivity contribution in [3.63, 3.8) is 0 Å². The molecule has 152 valence electrons. The van der Waals surface area contributed by atoms with Crippen LogP contribution in [0, 0.1) is 0 Å².